The van der Waals surface area contributed by atoms with E-state index in [1.807, 2.05) is 0 Å². The highest BCUT2D eigenvalue weighted by atomic mass is 19.1. The van der Waals surface area contributed by atoms with Gasteiger partial charge in [0.2, 0.25) is 5.91 Å². The molecule has 0 saturated heterocycles. The molecule has 0 aromatic carbocycles. The number of hydrogen-bond donors (Lipinski definition) is 2. The second kappa shape index (κ2) is 6.50. The predicted molar refractivity (Wildman–Crippen MR) is 72.2 cm³/mol. The molecule has 1 aliphatic rings. The van der Waals surface area contributed by atoms with Crippen LogP contribution in [-0.4, -0.2) is 24.5 Å². The van der Waals surface area contributed by atoms with Crippen molar-refractivity contribution in [2.24, 2.45) is 11.8 Å². The Morgan fingerprint density at radius 2 is 2.16 bits per heavy atom. The number of rotatable bonds is 4. The van der Waals surface area contributed by atoms with E-state index >= 15 is 0 Å². The fourth-order valence-corrected chi connectivity index (χ4v) is 2.59. The second-order valence-corrected chi connectivity index (χ2v) is 5.05. The van der Waals surface area contributed by atoms with Crippen LogP contribution in [0.1, 0.15) is 25.7 Å². The predicted octanol–water partition coefficient (Wildman–Crippen LogP) is 2.18. The first-order chi connectivity index (χ1) is 9.20. The van der Waals surface area contributed by atoms with E-state index in [0.29, 0.717) is 18.3 Å². The largest absolute Gasteiger partial charge is 0.367 e. The van der Waals surface area contributed by atoms with Gasteiger partial charge in [-0.25, -0.2) is 9.37 Å². The number of carbonyl (C=O) groups is 1. The van der Waals surface area contributed by atoms with Gasteiger partial charge >= 0.3 is 0 Å². The molecule has 5 heteroatoms. The Kier molecular flexibility index (Phi) is 4.71. The van der Waals surface area contributed by atoms with Gasteiger partial charge in [0.25, 0.3) is 0 Å². The first kappa shape index (κ1) is 13.8. The minimum atomic E-state index is -0.318. The Balaban J connectivity index is 1.77. The van der Waals surface area contributed by atoms with Gasteiger partial charge in [-0.2, -0.15) is 0 Å². The Morgan fingerprint density at radius 1 is 1.42 bits per heavy atom. The molecule has 4 nitrogen and oxygen atoms in total. The van der Waals surface area contributed by atoms with Crippen LogP contribution in [0.25, 0.3) is 0 Å². The van der Waals surface area contributed by atoms with Crippen LogP contribution in [0.15, 0.2) is 18.3 Å². The summed E-state index contributed by atoms with van der Waals surface area (Å²) in [6.07, 6.45) is 5.40. The molecule has 104 valence electrons. The molecule has 1 fully saturated rings. The summed E-state index contributed by atoms with van der Waals surface area (Å²) in [6, 6.07) is 2.98. The van der Waals surface area contributed by atoms with Crippen LogP contribution in [0.3, 0.4) is 0 Å². The molecule has 1 amide bonds. The van der Waals surface area contributed by atoms with Gasteiger partial charge in [-0.1, -0.05) is 0 Å². The van der Waals surface area contributed by atoms with Crippen LogP contribution in [0.4, 0.5) is 10.2 Å². The molecule has 1 saturated carbocycles. The van der Waals surface area contributed by atoms with E-state index in [-0.39, 0.29) is 17.6 Å². The maximum atomic E-state index is 13.4. The highest BCUT2D eigenvalue weighted by Crippen LogP contribution is 2.29. The van der Waals surface area contributed by atoms with Crippen LogP contribution < -0.4 is 10.6 Å². The third-order valence-corrected chi connectivity index (χ3v) is 3.78. The molecule has 1 heterocycles. The van der Waals surface area contributed by atoms with E-state index in [9.17, 15) is 9.18 Å². The van der Waals surface area contributed by atoms with Crippen molar-refractivity contribution in [3.63, 3.8) is 0 Å². The minimum Gasteiger partial charge on any atom is -0.367 e. The normalized spacial score (nSPS) is 22.8. The van der Waals surface area contributed by atoms with Gasteiger partial charge in [0.1, 0.15) is 0 Å². The molecule has 0 atom stereocenters. The van der Waals surface area contributed by atoms with E-state index in [1.54, 1.807) is 19.3 Å². The molecule has 0 radical (unpaired) electrons. The molecule has 1 aliphatic carbocycles. The van der Waals surface area contributed by atoms with Crippen molar-refractivity contribution >= 4 is 11.7 Å². The summed E-state index contributed by atoms with van der Waals surface area (Å²) in [7, 11) is 1.68. The number of hydrogen-bond acceptors (Lipinski definition) is 3. The average Bonchev–Trinajstić information content (AvgIpc) is 2.46. The van der Waals surface area contributed by atoms with Crippen LogP contribution in [-0.2, 0) is 4.79 Å². The Morgan fingerprint density at radius 3 is 2.79 bits per heavy atom. The molecule has 1 aromatic heterocycles. The van der Waals surface area contributed by atoms with E-state index in [2.05, 4.69) is 15.6 Å². The van der Waals surface area contributed by atoms with E-state index in [1.165, 1.54) is 6.07 Å². The van der Waals surface area contributed by atoms with Crippen molar-refractivity contribution in [2.75, 3.05) is 18.9 Å². The molecule has 0 aliphatic heterocycles. The molecular formula is C14H20FN3O. The summed E-state index contributed by atoms with van der Waals surface area (Å²) in [6.45, 7) is 0.717. The number of amides is 1. The lowest BCUT2D eigenvalue weighted by Crippen LogP contribution is -2.32. The monoisotopic (exact) mass is 265 g/mol. The van der Waals surface area contributed by atoms with Crippen LogP contribution in [0.2, 0.25) is 0 Å². The van der Waals surface area contributed by atoms with Gasteiger partial charge in [0, 0.05) is 25.7 Å². The highest BCUT2D eigenvalue weighted by Gasteiger charge is 2.25. The molecule has 2 N–H and O–H groups in total. The number of anilines is 1. The molecule has 1 aromatic rings. The van der Waals surface area contributed by atoms with Gasteiger partial charge in [-0.15, -0.1) is 0 Å². The third kappa shape index (κ3) is 3.66. The van der Waals surface area contributed by atoms with Crippen molar-refractivity contribution < 1.29 is 9.18 Å². The van der Waals surface area contributed by atoms with Crippen molar-refractivity contribution in [2.45, 2.75) is 25.7 Å². The summed E-state index contributed by atoms with van der Waals surface area (Å²) in [5.74, 6) is 0.773. The molecule has 0 spiro atoms. The summed E-state index contributed by atoms with van der Waals surface area (Å²) in [4.78, 5) is 15.5. The second-order valence-electron chi connectivity index (χ2n) is 5.05. The lowest BCUT2D eigenvalue weighted by Gasteiger charge is -2.27. The standard InChI is InChI=1S/C14H20FN3O/c1-16-14(19)11-6-4-10(5-7-11)9-18-13-12(15)3-2-8-17-13/h2-3,8,10-11H,4-7,9H2,1H3,(H,16,19)(H,17,18). The zero-order chi connectivity index (χ0) is 13.7. The van der Waals surface area contributed by atoms with Crippen molar-refractivity contribution in [1.29, 1.82) is 0 Å². The van der Waals surface area contributed by atoms with E-state index in [0.717, 1.165) is 25.7 Å². The fourth-order valence-electron chi connectivity index (χ4n) is 2.59. The summed E-state index contributed by atoms with van der Waals surface area (Å²) in [5, 5.41) is 5.75. The Bertz CT molecular complexity index is 430. The maximum absolute atomic E-state index is 13.4. The zero-order valence-corrected chi connectivity index (χ0v) is 11.2. The average molecular weight is 265 g/mol. The number of pyridine rings is 1. The van der Waals surface area contributed by atoms with Gasteiger partial charge in [0.05, 0.1) is 0 Å². The SMILES string of the molecule is CNC(=O)C1CCC(CNc2ncccc2F)CC1. The van der Waals surface area contributed by atoms with Gasteiger partial charge < -0.3 is 10.6 Å². The summed E-state index contributed by atoms with van der Waals surface area (Å²) < 4.78 is 13.4. The van der Waals surface area contributed by atoms with Gasteiger partial charge in [-0.05, 0) is 43.7 Å². The van der Waals surface area contributed by atoms with Crippen LogP contribution >= 0.6 is 0 Å². The number of halogens is 1. The lowest BCUT2D eigenvalue weighted by atomic mass is 9.81. The molecule has 2 rings (SSSR count). The van der Waals surface area contributed by atoms with Crippen LogP contribution in [0, 0.1) is 17.7 Å². The number of nitrogens with zero attached hydrogens (tertiary/aromatic N) is 1. The Hall–Kier alpha value is -1.65. The summed E-state index contributed by atoms with van der Waals surface area (Å²) >= 11 is 0. The zero-order valence-electron chi connectivity index (χ0n) is 11.2. The molecule has 0 bridgehead atoms. The van der Waals surface area contributed by atoms with Gasteiger partial charge in [0.15, 0.2) is 11.6 Å². The highest BCUT2D eigenvalue weighted by molar-refractivity contribution is 5.78. The van der Waals surface area contributed by atoms with E-state index in [4.69, 9.17) is 0 Å². The van der Waals surface area contributed by atoms with Crippen molar-refractivity contribution in [1.82, 2.24) is 10.3 Å². The molecule has 0 unspecified atom stereocenters. The molecule has 19 heavy (non-hydrogen) atoms. The first-order valence-electron chi connectivity index (χ1n) is 6.76. The van der Waals surface area contributed by atoms with Crippen molar-refractivity contribution in [3.05, 3.63) is 24.1 Å². The van der Waals surface area contributed by atoms with Crippen LogP contribution in [0.5, 0.6) is 0 Å². The lowest BCUT2D eigenvalue weighted by molar-refractivity contribution is -0.125. The maximum Gasteiger partial charge on any atom is 0.222 e. The fraction of sp³-hybridized carbons (Fsp3) is 0.571. The quantitative estimate of drug-likeness (QED) is 0.877. The number of nitrogens with one attached hydrogen (secondary N) is 2. The number of carbonyl (C=O) groups excluding carboxylic acids is 1. The van der Waals surface area contributed by atoms with E-state index < -0.39 is 0 Å². The third-order valence-electron chi connectivity index (χ3n) is 3.78. The first-order valence-corrected chi connectivity index (χ1v) is 6.76. The van der Waals surface area contributed by atoms with Crippen molar-refractivity contribution in [3.8, 4) is 0 Å². The summed E-state index contributed by atoms with van der Waals surface area (Å²) in [5.41, 5.74) is 0. The molecular weight excluding hydrogens is 245 g/mol. The Labute approximate surface area is 112 Å². The minimum absolute atomic E-state index is 0.141. The topological polar surface area (TPSA) is 54.0 Å². The number of aromatic nitrogens is 1. The van der Waals surface area contributed by atoms with Gasteiger partial charge in [-0.3, -0.25) is 4.79 Å². The smallest absolute Gasteiger partial charge is 0.222 e.